The summed E-state index contributed by atoms with van der Waals surface area (Å²) in [5.41, 5.74) is 0. The summed E-state index contributed by atoms with van der Waals surface area (Å²) in [6.45, 7) is 5.22. The van der Waals surface area contributed by atoms with Crippen molar-refractivity contribution in [2.24, 2.45) is 0 Å². The molecular formula is C28H58NO7P. The van der Waals surface area contributed by atoms with Crippen LogP contribution in [0.1, 0.15) is 117 Å². The second kappa shape index (κ2) is 23.4. The van der Waals surface area contributed by atoms with Crippen LogP contribution in [0.3, 0.4) is 0 Å². The number of carbonyl (C=O) groups excluding carboxylic acids is 1. The van der Waals surface area contributed by atoms with Gasteiger partial charge in [0.25, 0.3) is 7.82 Å². The number of likely N-dealkylation sites (N-methyl/N-ethyl adjacent to an activating group) is 1. The smallest absolute Gasteiger partial charge is 0.306 e. The minimum Gasteiger partial charge on any atom is -0.756 e. The summed E-state index contributed by atoms with van der Waals surface area (Å²) in [5, 5.41) is 0. The average Bonchev–Trinajstić information content (AvgIpc) is 2.81. The summed E-state index contributed by atoms with van der Waals surface area (Å²) in [6, 6.07) is 0. The second-order valence-corrected chi connectivity index (χ2v) is 12.5. The number of nitrogens with zero attached hydrogens (tertiary/aromatic N) is 1. The van der Waals surface area contributed by atoms with E-state index in [0.717, 1.165) is 32.1 Å². The fraction of sp³-hybridized carbons (Fsp3) is 0.964. The molecule has 2 atom stereocenters. The van der Waals surface area contributed by atoms with Gasteiger partial charge in [0.2, 0.25) is 0 Å². The lowest BCUT2D eigenvalue weighted by Crippen LogP contribution is -2.37. The monoisotopic (exact) mass is 551 g/mol. The predicted octanol–water partition coefficient (Wildman–Crippen LogP) is 6.40. The van der Waals surface area contributed by atoms with E-state index in [2.05, 4.69) is 13.8 Å². The standard InChI is InChI=1S/C28H58NO7P/c1-6-8-10-11-12-13-14-15-16-17-18-20-23-33-25-27(36-28(30)21-19-9-7-2)26-35-37(31,32)34-24-22-29(3,4)5/h27H,6-26H2,1-5H3. The Hall–Kier alpha value is -0.500. The van der Waals surface area contributed by atoms with Crippen molar-refractivity contribution in [3.63, 3.8) is 0 Å². The third-order valence-corrected chi connectivity index (χ3v) is 7.12. The van der Waals surface area contributed by atoms with E-state index in [1.165, 1.54) is 64.2 Å². The number of hydrogen-bond donors (Lipinski definition) is 0. The molecule has 8 nitrogen and oxygen atoms in total. The molecule has 0 bridgehead atoms. The highest BCUT2D eigenvalue weighted by Gasteiger charge is 2.20. The van der Waals surface area contributed by atoms with E-state index < -0.39 is 13.9 Å². The van der Waals surface area contributed by atoms with Gasteiger partial charge in [-0.15, -0.1) is 0 Å². The van der Waals surface area contributed by atoms with Crippen molar-refractivity contribution < 1.29 is 37.3 Å². The van der Waals surface area contributed by atoms with Crippen molar-refractivity contribution in [2.75, 3.05) is 54.1 Å². The molecule has 0 aromatic rings. The molecule has 0 amide bonds. The van der Waals surface area contributed by atoms with E-state index in [0.29, 0.717) is 24.1 Å². The molecule has 0 N–H and O–H groups in total. The molecular weight excluding hydrogens is 493 g/mol. The summed E-state index contributed by atoms with van der Waals surface area (Å²) in [4.78, 5) is 24.3. The molecule has 0 spiro atoms. The average molecular weight is 552 g/mol. The van der Waals surface area contributed by atoms with Crippen LogP contribution in [-0.2, 0) is 27.9 Å². The van der Waals surface area contributed by atoms with Crippen LogP contribution in [-0.4, -0.2) is 70.7 Å². The van der Waals surface area contributed by atoms with Crippen molar-refractivity contribution in [2.45, 2.75) is 123 Å². The van der Waals surface area contributed by atoms with Gasteiger partial charge in [0.05, 0.1) is 34.4 Å². The van der Waals surface area contributed by atoms with Crippen LogP contribution in [0.15, 0.2) is 0 Å². The Morgan fingerprint density at radius 3 is 1.78 bits per heavy atom. The fourth-order valence-corrected chi connectivity index (χ4v) is 4.51. The summed E-state index contributed by atoms with van der Waals surface area (Å²) < 4.78 is 33.8. The number of phosphoric acid groups is 1. The summed E-state index contributed by atoms with van der Waals surface area (Å²) in [5.74, 6) is -0.359. The van der Waals surface area contributed by atoms with Crippen molar-refractivity contribution in [3.8, 4) is 0 Å². The Morgan fingerprint density at radius 1 is 0.730 bits per heavy atom. The largest absolute Gasteiger partial charge is 0.756 e. The number of hydrogen-bond acceptors (Lipinski definition) is 7. The molecule has 0 radical (unpaired) electrons. The molecule has 0 aliphatic carbocycles. The highest BCUT2D eigenvalue weighted by atomic mass is 31.2. The highest BCUT2D eigenvalue weighted by molar-refractivity contribution is 7.45. The minimum atomic E-state index is -4.48. The number of carbonyl (C=O) groups is 1. The number of unbranched alkanes of at least 4 members (excludes halogenated alkanes) is 13. The first kappa shape index (κ1) is 36.5. The third kappa shape index (κ3) is 26.9. The minimum absolute atomic E-state index is 0.0290. The molecule has 0 aliphatic rings. The fourth-order valence-electron chi connectivity index (χ4n) is 3.78. The zero-order valence-corrected chi connectivity index (χ0v) is 25.6. The first-order chi connectivity index (χ1) is 17.6. The van der Waals surface area contributed by atoms with E-state index in [-0.39, 0.29) is 25.8 Å². The van der Waals surface area contributed by atoms with Crippen molar-refractivity contribution in [1.29, 1.82) is 0 Å². The molecule has 0 aliphatic heterocycles. The van der Waals surface area contributed by atoms with E-state index in [9.17, 15) is 14.3 Å². The maximum Gasteiger partial charge on any atom is 0.306 e. The Labute approximate surface area is 228 Å². The highest BCUT2D eigenvalue weighted by Crippen LogP contribution is 2.38. The number of phosphoric ester groups is 1. The topological polar surface area (TPSA) is 94.1 Å². The number of ether oxygens (including phenoxy) is 2. The van der Waals surface area contributed by atoms with E-state index in [4.69, 9.17) is 18.5 Å². The third-order valence-electron chi connectivity index (χ3n) is 6.16. The molecule has 222 valence electrons. The molecule has 0 saturated heterocycles. The van der Waals surface area contributed by atoms with E-state index in [1.807, 2.05) is 21.1 Å². The van der Waals surface area contributed by atoms with Gasteiger partial charge in [-0.05, 0) is 12.8 Å². The van der Waals surface area contributed by atoms with Crippen LogP contribution in [0.25, 0.3) is 0 Å². The van der Waals surface area contributed by atoms with Crippen molar-refractivity contribution >= 4 is 13.8 Å². The zero-order valence-electron chi connectivity index (χ0n) is 24.7. The van der Waals surface area contributed by atoms with E-state index in [1.54, 1.807) is 0 Å². The van der Waals surface area contributed by atoms with Gasteiger partial charge in [-0.1, -0.05) is 97.3 Å². The van der Waals surface area contributed by atoms with Crippen molar-refractivity contribution in [3.05, 3.63) is 0 Å². The van der Waals surface area contributed by atoms with Gasteiger partial charge >= 0.3 is 5.97 Å². The second-order valence-electron chi connectivity index (χ2n) is 11.1. The van der Waals surface area contributed by atoms with Gasteiger partial charge in [0.1, 0.15) is 19.3 Å². The Kier molecular flexibility index (Phi) is 23.1. The molecule has 0 saturated carbocycles. The quantitative estimate of drug-likeness (QED) is 0.0504. The molecule has 0 aromatic carbocycles. The lowest BCUT2D eigenvalue weighted by atomic mass is 10.1. The predicted molar refractivity (Wildman–Crippen MR) is 148 cm³/mol. The Morgan fingerprint density at radius 2 is 1.24 bits per heavy atom. The van der Waals surface area contributed by atoms with Gasteiger partial charge in [-0.25, -0.2) is 0 Å². The first-order valence-corrected chi connectivity index (χ1v) is 16.2. The van der Waals surface area contributed by atoms with Crippen LogP contribution >= 0.6 is 7.82 Å². The summed E-state index contributed by atoms with van der Waals surface area (Å²) in [7, 11) is 1.36. The van der Waals surface area contributed by atoms with Gasteiger partial charge < -0.3 is 27.9 Å². The van der Waals surface area contributed by atoms with Crippen LogP contribution in [0.4, 0.5) is 0 Å². The normalized spacial score (nSPS) is 14.4. The number of rotatable bonds is 27. The van der Waals surface area contributed by atoms with Gasteiger partial charge in [-0.3, -0.25) is 9.36 Å². The lowest BCUT2D eigenvalue weighted by Gasteiger charge is -2.28. The maximum atomic E-state index is 12.2. The molecule has 9 heteroatoms. The van der Waals surface area contributed by atoms with Crippen LogP contribution in [0.5, 0.6) is 0 Å². The van der Waals surface area contributed by atoms with E-state index >= 15 is 0 Å². The number of quaternary nitrogens is 1. The van der Waals surface area contributed by atoms with Crippen LogP contribution in [0, 0.1) is 0 Å². The molecule has 0 heterocycles. The molecule has 37 heavy (non-hydrogen) atoms. The molecule has 0 fully saturated rings. The molecule has 0 rings (SSSR count). The zero-order chi connectivity index (χ0) is 27.8. The Bertz CT molecular complexity index is 583. The molecule has 0 aromatic heterocycles. The SMILES string of the molecule is CCCCCCCCCCCCCCOCC(COP(=O)([O-])OCC[N+](C)(C)C)OC(=O)CCCCC. The maximum absolute atomic E-state index is 12.2. The van der Waals surface area contributed by atoms with Crippen LogP contribution in [0.2, 0.25) is 0 Å². The Balaban J connectivity index is 4.18. The summed E-state index contributed by atoms with van der Waals surface area (Å²) in [6.07, 6.45) is 17.5. The van der Waals surface area contributed by atoms with Gasteiger partial charge in [0, 0.05) is 13.0 Å². The van der Waals surface area contributed by atoms with Crippen molar-refractivity contribution in [1.82, 2.24) is 0 Å². The lowest BCUT2D eigenvalue weighted by molar-refractivity contribution is -0.870. The molecule has 2 unspecified atom stereocenters. The van der Waals surface area contributed by atoms with Crippen LogP contribution < -0.4 is 4.89 Å². The first-order valence-electron chi connectivity index (χ1n) is 14.8. The van der Waals surface area contributed by atoms with Gasteiger partial charge in [0.15, 0.2) is 0 Å². The van der Waals surface area contributed by atoms with Gasteiger partial charge in [-0.2, -0.15) is 0 Å². The number of esters is 1. The summed E-state index contributed by atoms with van der Waals surface area (Å²) >= 11 is 0.